The van der Waals surface area contributed by atoms with Crippen LogP contribution in [0.15, 0.2) is 30.3 Å². The first kappa shape index (κ1) is 20.1. The van der Waals surface area contributed by atoms with Crippen LogP contribution in [0.4, 0.5) is 13.2 Å². The van der Waals surface area contributed by atoms with Crippen LogP contribution in [-0.4, -0.2) is 29.8 Å². The Kier molecular flexibility index (Phi) is 7.77. The number of carbonyl (C=O) groups is 2. The molecular weight excluding hydrogens is 300 g/mol. The van der Waals surface area contributed by atoms with Crippen molar-refractivity contribution in [1.29, 1.82) is 0 Å². The Morgan fingerprint density at radius 1 is 1.36 bits per heavy atom. The summed E-state index contributed by atoms with van der Waals surface area (Å²) in [6.07, 6.45) is -4.32. The molecule has 0 unspecified atom stereocenters. The number of esters is 1. The summed E-state index contributed by atoms with van der Waals surface area (Å²) in [7, 11) is 0. The van der Waals surface area contributed by atoms with Gasteiger partial charge in [0.2, 0.25) is 0 Å². The van der Waals surface area contributed by atoms with E-state index in [1.165, 1.54) is 19.1 Å². The summed E-state index contributed by atoms with van der Waals surface area (Å²) in [4.78, 5) is 22.4. The molecule has 0 aromatic heterocycles. The van der Waals surface area contributed by atoms with Crippen LogP contribution in [0.2, 0.25) is 0 Å². The third kappa shape index (κ3) is 6.69. The maximum absolute atomic E-state index is 12.1. The van der Waals surface area contributed by atoms with E-state index >= 15 is 0 Å². The normalized spacial score (nSPS) is 11.4. The number of rotatable bonds is 5. The third-order valence-electron chi connectivity index (χ3n) is 2.11. The Morgan fingerprint density at radius 2 is 2.00 bits per heavy atom. The van der Waals surface area contributed by atoms with Crippen LogP contribution < -0.4 is 23.6 Å². The van der Waals surface area contributed by atoms with Gasteiger partial charge in [0.25, 0.3) is 5.78 Å². The Bertz CT molecular complexity index is 575. The maximum Gasteiger partial charge on any atom is 1.00 e. The monoisotopic (exact) mass is 312 g/mol. The fraction of sp³-hybridized carbons (Fsp3) is 0.231. The summed E-state index contributed by atoms with van der Waals surface area (Å²) in [5.41, 5.74) is -0.116. The van der Waals surface area contributed by atoms with Gasteiger partial charge in [-0.15, -0.1) is 13.2 Å². The minimum Gasteiger partial charge on any atom is -1.00 e. The van der Waals surface area contributed by atoms with Crippen LogP contribution >= 0.6 is 0 Å². The molecule has 1 N–H and O–H groups in total. The molecule has 0 aliphatic heterocycles. The summed E-state index contributed by atoms with van der Waals surface area (Å²) in [6, 6.07) is 4.33. The van der Waals surface area contributed by atoms with Crippen molar-refractivity contribution in [3.05, 3.63) is 35.9 Å². The molecule has 0 bridgehead atoms. The average molecular weight is 312 g/mol. The minimum atomic E-state index is -4.88. The van der Waals surface area contributed by atoms with Gasteiger partial charge in [-0.3, -0.25) is 4.79 Å². The molecule has 0 heterocycles. The smallest absolute Gasteiger partial charge is 1.00 e. The van der Waals surface area contributed by atoms with E-state index < -0.39 is 29.6 Å². The van der Waals surface area contributed by atoms with Gasteiger partial charge in [0.15, 0.2) is 0 Å². The summed E-state index contributed by atoms with van der Waals surface area (Å²) in [5, 5.41) is 9.63. The SMILES string of the molecule is CCOC(=O)C(=O)/C=C(\O)c1cccc(OC(F)(F)F)c1.[H-].[Li+]. The number of halogens is 3. The average Bonchev–Trinajstić information content (AvgIpc) is 2.37. The summed E-state index contributed by atoms with van der Waals surface area (Å²) >= 11 is 0. The number of carbonyl (C=O) groups excluding carboxylic acids is 2. The first-order valence-electron chi connectivity index (χ1n) is 5.71. The maximum atomic E-state index is 12.1. The Labute approximate surface area is 137 Å². The fourth-order valence-corrected chi connectivity index (χ4v) is 1.32. The number of hydrogen-bond acceptors (Lipinski definition) is 5. The number of alkyl halides is 3. The van der Waals surface area contributed by atoms with Crippen molar-refractivity contribution in [3.8, 4) is 5.75 Å². The van der Waals surface area contributed by atoms with Gasteiger partial charge in [-0.05, 0) is 19.1 Å². The standard InChI is InChI=1S/C13H11F3O5.Li.H/c1-2-20-12(19)11(18)7-10(17)8-4-3-5-9(6-8)21-13(14,15)16;;/h3-7,17H,2H2,1H3;;/q;+1;-1/b10-7-;;. The molecule has 0 atom stereocenters. The van der Waals surface area contributed by atoms with Crippen molar-refractivity contribution in [2.75, 3.05) is 6.61 Å². The number of aliphatic hydroxyl groups is 1. The van der Waals surface area contributed by atoms with E-state index in [2.05, 4.69) is 9.47 Å². The fourth-order valence-electron chi connectivity index (χ4n) is 1.32. The molecule has 0 spiro atoms. The molecule has 1 rings (SSSR count). The van der Waals surface area contributed by atoms with E-state index in [1.807, 2.05) is 0 Å². The number of benzene rings is 1. The van der Waals surface area contributed by atoms with Crippen LogP contribution in [0.25, 0.3) is 5.76 Å². The number of ketones is 1. The summed E-state index contributed by atoms with van der Waals surface area (Å²) in [5.74, 6) is -3.55. The number of aliphatic hydroxyl groups excluding tert-OH is 1. The first-order chi connectivity index (χ1) is 9.73. The molecule has 116 valence electrons. The molecule has 0 saturated heterocycles. The van der Waals surface area contributed by atoms with E-state index in [0.29, 0.717) is 6.08 Å². The van der Waals surface area contributed by atoms with E-state index in [9.17, 15) is 27.9 Å². The zero-order chi connectivity index (χ0) is 16.0. The molecule has 5 nitrogen and oxygen atoms in total. The molecule has 0 fully saturated rings. The van der Waals surface area contributed by atoms with E-state index in [-0.39, 0.29) is 32.5 Å². The van der Waals surface area contributed by atoms with Crippen molar-refractivity contribution in [2.45, 2.75) is 13.3 Å². The number of hydrogen-bond donors (Lipinski definition) is 1. The van der Waals surface area contributed by atoms with Crippen LogP contribution in [0, 0.1) is 0 Å². The van der Waals surface area contributed by atoms with Crippen LogP contribution in [0.1, 0.15) is 13.9 Å². The topological polar surface area (TPSA) is 72.8 Å². The second-order valence-corrected chi connectivity index (χ2v) is 3.69. The second-order valence-electron chi connectivity index (χ2n) is 3.69. The predicted octanol–water partition coefficient (Wildman–Crippen LogP) is -0.267. The van der Waals surface area contributed by atoms with Gasteiger partial charge in [-0.1, -0.05) is 12.1 Å². The van der Waals surface area contributed by atoms with Gasteiger partial charge in [-0.2, -0.15) is 0 Å². The zero-order valence-corrected chi connectivity index (χ0v) is 11.8. The van der Waals surface area contributed by atoms with E-state index in [0.717, 1.165) is 12.1 Å². The van der Waals surface area contributed by atoms with Crippen LogP contribution in [0.5, 0.6) is 5.75 Å². The Balaban J connectivity index is 0. The minimum absolute atomic E-state index is 0. The van der Waals surface area contributed by atoms with Gasteiger partial charge in [0.1, 0.15) is 11.5 Å². The third-order valence-corrected chi connectivity index (χ3v) is 2.11. The summed E-state index contributed by atoms with van der Waals surface area (Å²) in [6.45, 7) is 1.47. The van der Waals surface area contributed by atoms with Gasteiger partial charge >= 0.3 is 31.2 Å². The van der Waals surface area contributed by atoms with Crippen molar-refractivity contribution < 1.29 is 57.6 Å². The second kappa shape index (κ2) is 8.51. The number of ether oxygens (including phenoxy) is 2. The first-order valence-corrected chi connectivity index (χ1v) is 5.71. The Hall–Kier alpha value is -1.91. The van der Waals surface area contributed by atoms with Crippen molar-refractivity contribution >= 4 is 17.5 Å². The molecule has 1 aromatic rings. The van der Waals surface area contributed by atoms with Gasteiger partial charge in [0, 0.05) is 11.6 Å². The molecule has 1 aromatic carbocycles. The van der Waals surface area contributed by atoms with Crippen LogP contribution in [0.3, 0.4) is 0 Å². The molecule has 9 heteroatoms. The largest absolute Gasteiger partial charge is 1.00 e. The van der Waals surface area contributed by atoms with Gasteiger partial charge < -0.3 is 16.0 Å². The van der Waals surface area contributed by atoms with Crippen LogP contribution in [-0.2, 0) is 14.3 Å². The quantitative estimate of drug-likeness (QED) is 0.266. The van der Waals surface area contributed by atoms with E-state index in [1.54, 1.807) is 0 Å². The molecule has 0 aliphatic carbocycles. The van der Waals surface area contributed by atoms with Crippen molar-refractivity contribution in [3.63, 3.8) is 0 Å². The van der Waals surface area contributed by atoms with E-state index in [4.69, 9.17) is 0 Å². The zero-order valence-electron chi connectivity index (χ0n) is 12.8. The molecule has 22 heavy (non-hydrogen) atoms. The molecule has 0 saturated carbocycles. The van der Waals surface area contributed by atoms with Crippen molar-refractivity contribution in [2.24, 2.45) is 0 Å². The molecular formula is C13H12F3LiO5. The summed E-state index contributed by atoms with van der Waals surface area (Å²) < 4.78 is 44.3. The molecule has 0 radical (unpaired) electrons. The predicted molar refractivity (Wildman–Crippen MR) is 66.5 cm³/mol. The Morgan fingerprint density at radius 3 is 2.55 bits per heavy atom. The van der Waals surface area contributed by atoms with Crippen molar-refractivity contribution in [1.82, 2.24) is 0 Å². The van der Waals surface area contributed by atoms with Gasteiger partial charge in [0.05, 0.1) is 6.61 Å². The van der Waals surface area contributed by atoms with Gasteiger partial charge in [-0.25, -0.2) is 4.79 Å². The molecule has 0 amide bonds. The molecule has 0 aliphatic rings.